The number of aromatic amines is 1. The number of rotatable bonds is 4. The van der Waals surface area contributed by atoms with E-state index in [1.165, 1.54) is 4.90 Å². The largest absolute Gasteiger partial charge is 0.465 e. The molecule has 3 rings (SSSR count). The fraction of sp³-hybridized carbons (Fsp3) is 0.150. The molecule has 0 radical (unpaired) electrons. The summed E-state index contributed by atoms with van der Waals surface area (Å²) in [5, 5.41) is 12.2. The fourth-order valence-electron chi connectivity index (χ4n) is 3.00. The summed E-state index contributed by atoms with van der Waals surface area (Å²) in [5.41, 5.74) is 4.82. The number of pyridine rings is 1. The van der Waals surface area contributed by atoms with Crippen LogP contribution in [0.15, 0.2) is 37.0 Å². The van der Waals surface area contributed by atoms with Crippen molar-refractivity contribution in [2.24, 2.45) is 0 Å². The van der Waals surface area contributed by atoms with Gasteiger partial charge in [-0.3, -0.25) is 10.1 Å². The quantitative estimate of drug-likeness (QED) is 0.652. The Hall–Kier alpha value is -3.61. The van der Waals surface area contributed by atoms with E-state index in [4.69, 9.17) is 5.11 Å². The lowest BCUT2D eigenvalue weighted by Crippen LogP contribution is -2.23. The minimum atomic E-state index is -1.22. The highest BCUT2D eigenvalue weighted by atomic mass is 16.4. The summed E-state index contributed by atoms with van der Waals surface area (Å²) in [6, 6.07) is 6.99. The molecule has 0 saturated heterocycles. The molecule has 0 aliphatic carbocycles. The normalized spacial score (nSPS) is 10.6. The zero-order valence-corrected chi connectivity index (χ0v) is 15.3. The third-order valence-corrected chi connectivity index (χ3v) is 4.32. The molecule has 7 heteroatoms. The molecule has 0 bridgehead atoms. The second-order valence-electron chi connectivity index (χ2n) is 6.38. The lowest BCUT2D eigenvalue weighted by molar-refractivity contribution is 0.0828. The molecule has 0 spiro atoms. The first-order valence-electron chi connectivity index (χ1n) is 8.28. The minimum absolute atomic E-state index is 0.239. The third kappa shape index (κ3) is 3.39. The lowest BCUT2D eigenvalue weighted by Gasteiger charge is -2.15. The number of benzene rings is 1. The van der Waals surface area contributed by atoms with E-state index in [0.717, 1.165) is 33.4 Å². The van der Waals surface area contributed by atoms with Gasteiger partial charge in [0.1, 0.15) is 5.65 Å². The highest BCUT2D eigenvalue weighted by Gasteiger charge is 2.17. The van der Waals surface area contributed by atoms with Crippen molar-refractivity contribution in [3.8, 4) is 11.1 Å². The van der Waals surface area contributed by atoms with Crippen molar-refractivity contribution in [1.29, 1.82) is 0 Å². The van der Waals surface area contributed by atoms with Crippen LogP contribution in [-0.4, -0.2) is 46.1 Å². The van der Waals surface area contributed by atoms with Crippen LogP contribution in [0.2, 0.25) is 0 Å². The molecule has 2 amide bonds. The van der Waals surface area contributed by atoms with Gasteiger partial charge in [0.15, 0.2) is 0 Å². The van der Waals surface area contributed by atoms with Crippen LogP contribution in [0.3, 0.4) is 0 Å². The SMILES string of the molecule is C=Cc1c(C)[nH]c2ncc(-c3ccc(NC(=O)O)c(C(=O)N(C)C)c3)cc12. The van der Waals surface area contributed by atoms with Gasteiger partial charge in [0, 0.05) is 42.5 Å². The molecule has 1 aromatic carbocycles. The topological polar surface area (TPSA) is 98.3 Å². The molecule has 3 N–H and O–H groups in total. The first-order chi connectivity index (χ1) is 12.8. The fourth-order valence-corrected chi connectivity index (χ4v) is 3.00. The lowest BCUT2D eigenvalue weighted by atomic mass is 10.0. The van der Waals surface area contributed by atoms with Crippen LogP contribution in [0.5, 0.6) is 0 Å². The van der Waals surface area contributed by atoms with Crippen LogP contribution < -0.4 is 5.32 Å². The van der Waals surface area contributed by atoms with E-state index in [1.54, 1.807) is 44.6 Å². The van der Waals surface area contributed by atoms with E-state index < -0.39 is 6.09 Å². The number of fused-ring (bicyclic) bond motifs is 1. The van der Waals surface area contributed by atoms with E-state index in [1.807, 2.05) is 13.0 Å². The Labute approximate surface area is 156 Å². The number of carboxylic acid groups (broad SMARTS) is 1. The van der Waals surface area contributed by atoms with E-state index in [2.05, 4.69) is 21.9 Å². The number of nitrogens with zero attached hydrogens (tertiary/aromatic N) is 2. The summed E-state index contributed by atoms with van der Waals surface area (Å²) in [7, 11) is 3.23. The van der Waals surface area contributed by atoms with Crippen molar-refractivity contribution in [3.63, 3.8) is 0 Å². The summed E-state index contributed by atoms with van der Waals surface area (Å²) in [5.74, 6) is -0.293. The van der Waals surface area contributed by atoms with Crippen LogP contribution in [-0.2, 0) is 0 Å². The maximum absolute atomic E-state index is 12.5. The number of anilines is 1. The molecule has 0 atom stereocenters. The van der Waals surface area contributed by atoms with Gasteiger partial charge in [-0.05, 0) is 30.7 Å². The first-order valence-corrected chi connectivity index (χ1v) is 8.28. The molecule has 7 nitrogen and oxygen atoms in total. The Morgan fingerprint density at radius 2 is 2.00 bits per heavy atom. The molecule has 3 aromatic rings. The van der Waals surface area contributed by atoms with Gasteiger partial charge in [-0.1, -0.05) is 18.7 Å². The Balaban J connectivity index is 2.15. The van der Waals surface area contributed by atoms with Gasteiger partial charge in [-0.25, -0.2) is 9.78 Å². The van der Waals surface area contributed by atoms with Gasteiger partial charge in [-0.2, -0.15) is 0 Å². The number of H-pyrrole nitrogens is 1. The molecule has 0 fully saturated rings. The second kappa shape index (κ2) is 6.95. The number of aromatic nitrogens is 2. The number of carbonyl (C=O) groups is 2. The zero-order valence-electron chi connectivity index (χ0n) is 15.3. The number of hydrogen-bond acceptors (Lipinski definition) is 3. The molecule has 27 heavy (non-hydrogen) atoms. The summed E-state index contributed by atoms with van der Waals surface area (Å²) < 4.78 is 0. The van der Waals surface area contributed by atoms with E-state index in [-0.39, 0.29) is 17.2 Å². The van der Waals surface area contributed by atoms with Crippen molar-refractivity contribution >= 4 is 34.8 Å². The minimum Gasteiger partial charge on any atom is -0.465 e. The van der Waals surface area contributed by atoms with Gasteiger partial charge in [0.05, 0.1) is 11.3 Å². The molecule has 2 aromatic heterocycles. The predicted octanol–water partition coefficient (Wildman–Crippen LogP) is 3.97. The number of nitrogens with one attached hydrogen (secondary N) is 2. The smallest absolute Gasteiger partial charge is 0.409 e. The zero-order chi connectivity index (χ0) is 19.7. The maximum Gasteiger partial charge on any atom is 0.409 e. The van der Waals surface area contributed by atoms with Gasteiger partial charge in [0.25, 0.3) is 5.91 Å². The maximum atomic E-state index is 12.5. The average Bonchev–Trinajstić information content (AvgIpc) is 2.94. The summed E-state index contributed by atoms with van der Waals surface area (Å²) in [6.45, 7) is 5.81. The van der Waals surface area contributed by atoms with Crippen molar-refractivity contribution in [2.45, 2.75) is 6.92 Å². The standard InChI is InChI=1S/C20H20N4O3/c1-5-14-11(2)22-18-15(14)9-13(10-21-18)12-6-7-17(23-20(26)27)16(8-12)19(25)24(3)4/h5-10,23H,1H2,2-4H3,(H,21,22)(H,26,27). The van der Waals surface area contributed by atoms with Crippen LogP contribution in [0.1, 0.15) is 21.6 Å². The summed E-state index contributed by atoms with van der Waals surface area (Å²) in [4.78, 5) is 32.6. The molecule has 0 aliphatic rings. The molecule has 2 heterocycles. The Kier molecular flexibility index (Phi) is 4.68. The third-order valence-electron chi connectivity index (χ3n) is 4.32. The highest BCUT2D eigenvalue weighted by molar-refractivity contribution is 6.03. The number of carbonyl (C=O) groups excluding carboxylic acids is 1. The van der Waals surface area contributed by atoms with Crippen molar-refractivity contribution < 1.29 is 14.7 Å². The Morgan fingerprint density at radius 1 is 1.26 bits per heavy atom. The van der Waals surface area contributed by atoms with E-state index >= 15 is 0 Å². The van der Waals surface area contributed by atoms with Crippen LogP contribution >= 0.6 is 0 Å². The second-order valence-corrected chi connectivity index (χ2v) is 6.38. The predicted molar refractivity (Wildman–Crippen MR) is 106 cm³/mol. The van der Waals surface area contributed by atoms with Crippen LogP contribution in [0.4, 0.5) is 10.5 Å². The molecule has 0 aliphatic heterocycles. The number of aryl methyl sites for hydroxylation is 1. The average molecular weight is 364 g/mol. The summed E-state index contributed by atoms with van der Waals surface area (Å²) in [6.07, 6.45) is 2.27. The van der Waals surface area contributed by atoms with Crippen LogP contribution in [0, 0.1) is 6.92 Å². The highest BCUT2D eigenvalue weighted by Crippen LogP contribution is 2.30. The monoisotopic (exact) mass is 364 g/mol. The van der Waals surface area contributed by atoms with E-state index in [9.17, 15) is 9.59 Å². The first kappa shape index (κ1) is 18.2. The van der Waals surface area contributed by atoms with Gasteiger partial charge in [-0.15, -0.1) is 0 Å². The molecular formula is C20H20N4O3. The number of hydrogen-bond donors (Lipinski definition) is 3. The Morgan fingerprint density at radius 3 is 2.63 bits per heavy atom. The number of amides is 2. The van der Waals surface area contributed by atoms with Crippen molar-refractivity contribution in [2.75, 3.05) is 19.4 Å². The summed E-state index contributed by atoms with van der Waals surface area (Å²) >= 11 is 0. The van der Waals surface area contributed by atoms with Gasteiger partial charge in [0.2, 0.25) is 0 Å². The van der Waals surface area contributed by atoms with Gasteiger partial charge < -0.3 is 15.0 Å². The molecule has 138 valence electrons. The Bertz CT molecular complexity index is 1070. The molecule has 0 unspecified atom stereocenters. The van der Waals surface area contributed by atoms with E-state index in [0.29, 0.717) is 0 Å². The molecule has 0 saturated carbocycles. The van der Waals surface area contributed by atoms with Crippen molar-refractivity contribution in [3.05, 3.63) is 53.9 Å². The molecular weight excluding hydrogens is 344 g/mol. The van der Waals surface area contributed by atoms with Crippen molar-refractivity contribution in [1.82, 2.24) is 14.9 Å². The van der Waals surface area contributed by atoms with Crippen LogP contribution in [0.25, 0.3) is 28.2 Å². The van der Waals surface area contributed by atoms with Gasteiger partial charge >= 0.3 is 6.09 Å².